The van der Waals surface area contributed by atoms with Gasteiger partial charge in [0, 0.05) is 29.2 Å². The highest BCUT2D eigenvalue weighted by molar-refractivity contribution is 5.86. The minimum atomic E-state index is 0.246. The van der Waals surface area contributed by atoms with Crippen LogP contribution >= 0.6 is 0 Å². The summed E-state index contributed by atoms with van der Waals surface area (Å²) in [5.41, 5.74) is 2.39. The zero-order chi connectivity index (χ0) is 15.0. The monoisotopic (exact) mass is 284 g/mol. The van der Waals surface area contributed by atoms with E-state index in [0.717, 1.165) is 18.4 Å². The number of para-hydroxylation sites is 1. The number of fused-ring (bicyclic) bond motifs is 1. The Balaban J connectivity index is 1.86. The standard InChI is InChI=1S/C18H24N2O/c1-13-11-19(17-10-5-4-9-16(13)17)12-18(21)20-14(2)7-6-8-15(20)3/h4-5,9-11,14-15H,6-8,12H2,1-3H3. The van der Waals surface area contributed by atoms with E-state index >= 15 is 0 Å². The summed E-state index contributed by atoms with van der Waals surface area (Å²) in [6.07, 6.45) is 5.59. The normalized spacial score (nSPS) is 22.7. The maximum absolute atomic E-state index is 12.7. The average molecular weight is 284 g/mol. The Morgan fingerprint density at radius 3 is 2.57 bits per heavy atom. The first-order valence-corrected chi connectivity index (χ1v) is 7.93. The second-order valence-corrected chi connectivity index (χ2v) is 6.39. The number of likely N-dealkylation sites (tertiary alicyclic amines) is 1. The number of piperidine rings is 1. The van der Waals surface area contributed by atoms with E-state index in [-0.39, 0.29) is 5.91 Å². The lowest BCUT2D eigenvalue weighted by Gasteiger charge is -2.39. The fraction of sp³-hybridized carbons (Fsp3) is 0.500. The van der Waals surface area contributed by atoms with Crippen molar-refractivity contribution in [2.24, 2.45) is 0 Å². The summed E-state index contributed by atoms with van der Waals surface area (Å²) >= 11 is 0. The molecular formula is C18H24N2O. The number of benzene rings is 1. The molecule has 0 aliphatic carbocycles. The Hall–Kier alpha value is -1.77. The SMILES string of the molecule is Cc1cn(CC(=O)N2C(C)CCCC2C)c2ccccc12. The van der Waals surface area contributed by atoms with Crippen molar-refractivity contribution < 1.29 is 4.79 Å². The first-order valence-electron chi connectivity index (χ1n) is 7.93. The summed E-state index contributed by atoms with van der Waals surface area (Å²) in [5, 5.41) is 1.24. The van der Waals surface area contributed by atoms with E-state index in [4.69, 9.17) is 0 Å². The van der Waals surface area contributed by atoms with Crippen LogP contribution in [0.2, 0.25) is 0 Å². The van der Waals surface area contributed by atoms with E-state index in [0.29, 0.717) is 18.6 Å². The summed E-state index contributed by atoms with van der Waals surface area (Å²) < 4.78 is 2.10. The Morgan fingerprint density at radius 2 is 1.86 bits per heavy atom. The van der Waals surface area contributed by atoms with Gasteiger partial charge in [-0.15, -0.1) is 0 Å². The van der Waals surface area contributed by atoms with Gasteiger partial charge in [0.2, 0.25) is 5.91 Å². The first-order chi connectivity index (χ1) is 10.1. The molecule has 2 heterocycles. The molecule has 1 aromatic carbocycles. The fourth-order valence-corrected chi connectivity index (χ4v) is 3.70. The predicted octanol–water partition coefficient (Wildman–Crippen LogP) is 3.74. The van der Waals surface area contributed by atoms with Crippen LogP contribution < -0.4 is 0 Å². The Bertz CT molecular complexity index is 648. The highest BCUT2D eigenvalue weighted by Gasteiger charge is 2.28. The zero-order valence-electron chi connectivity index (χ0n) is 13.2. The third-order valence-electron chi connectivity index (χ3n) is 4.77. The Kier molecular flexibility index (Phi) is 3.75. The minimum absolute atomic E-state index is 0.246. The molecule has 0 bridgehead atoms. The van der Waals surface area contributed by atoms with Crippen molar-refractivity contribution in [2.45, 2.75) is 58.7 Å². The van der Waals surface area contributed by atoms with E-state index in [1.807, 2.05) is 6.07 Å². The highest BCUT2D eigenvalue weighted by Crippen LogP contribution is 2.24. The number of carbonyl (C=O) groups excluding carboxylic acids is 1. The van der Waals surface area contributed by atoms with Crippen LogP contribution in [0, 0.1) is 6.92 Å². The van der Waals surface area contributed by atoms with Gasteiger partial charge in [-0.2, -0.15) is 0 Å². The van der Waals surface area contributed by atoms with E-state index in [9.17, 15) is 4.79 Å². The van der Waals surface area contributed by atoms with Gasteiger partial charge in [0.1, 0.15) is 6.54 Å². The molecule has 1 fully saturated rings. The zero-order valence-corrected chi connectivity index (χ0v) is 13.2. The van der Waals surface area contributed by atoms with Crippen LogP contribution in [0.5, 0.6) is 0 Å². The van der Waals surface area contributed by atoms with Gasteiger partial charge in [-0.1, -0.05) is 18.2 Å². The third kappa shape index (κ3) is 2.57. The number of aromatic nitrogens is 1. The summed E-state index contributed by atoms with van der Waals surface area (Å²) in [7, 11) is 0. The van der Waals surface area contributed by atoms with Crippen molar-refractivity contribution in [2.75, 3.05) is 0 Å². The number of rotatable bonds is 2. The molecule has 1 saturated heterocycles. The second kappa shape index (κ2) is 5.55. The van der Waals surface area contributed by atoms with Crippen molar-refractivity contribution >= 4 is 16.8 Å². The molecule has 2 aromatic rings. The van der Waals surface area contributed by atoms with Crippen LogP contribution in [-0.2, 0) is 11.3 Å². The molecule has 112 valence electrons. The number of aryl methyl sites for hydroxylation is 1. The largest absolute Gasteiger partial charge is 0.338 e. The van der Waals surface area contributed by atoms with Crippen molar-refractivity contribution in [3.05, 3.63) is 36.0 Å². The highest BCUT2D eigenvalue weighted by atomic mass is 16.2. The molecular weight excluding hydrogens is 260 g/mol. The van der Waals surface area contributed by atoms with Gasteiger partial charge in [-0.05, 0) is 51.7 Å². The molecule has 3 nitrogen and oxygen atoms in total. The number of amides is 1. The van der Waals surface area contributed by atoms with E-state index < -0.39 is 0 Å². The quantitative estimate of drug-likeness (QED) is 0.824. The molecule has 1 aliphatic rings. The lowest BCUT2D eigenvalue weighted by Crippen LogP contribution is -2.48. The van der Waals surface area contributed by atoms with Crippen molar-refractivity contribution in [3.63, 3.8) is 0 Å². The predicted molar refractivity (Wildman–Crippen MR) is 86.3 cm³/mol. The molecule has 0 radical (unpaired) electrons. The number of carbonyl (C=O) groups is 1. The summed E-state index contributed by atoms with van der Waals surface area (Å²) in [6.45, 7) is 6.90. The van der Waals surface area contributed by atoms with Gasteiger partial charge in [0.25, 0.3) is 0 Å². The van der Waals surface area contributed by atoms with Gasteiger partial charge < -0.3 is 9.47 Å². The molecule has 1 aliphatic heterocycles. The van der Waals surface area contributed by atoms with Crippen LogP contribution in [0.3, 0.4) is 0 Å². The van der Waals surface area contributed by atoms with Crippen molar-refractivity contribution in [3.8, 4) is 0 Å². The molecule has 0 N–H and O–H groups in total. The molecule has 0 saturated carbocycles. The molecule has 3 rings (SSSR count). The second-order valence-electron chi connectivity index (χ2n) is 6.39. The topological polar surface area (TPSA) is 25.2 Å². The molecule has 21 heavy (non-hydrogen) atoms. The van der Waals surface area contributed by atoms with Gasteiger partial charge in [0.05, 0.1) is 0 Å². The van der Waals surface area contributed by atoms with Gasteiger partial charge in [0.15, 0.2) is 0 Å². The first kappa shape index (κ1) is 14.2. The lowest BCUT2D eigenvalue weighted by molar-refractivity contribution is -0.137. The van der Waals surface area contributed by atoms with Gasteiger partial charge in [-0.25, -0.2) is 0 Å². The summed E-state index contributed by atoms with van der Waals surface area (Å²) in [5.74, 6) is 0.246. The molecule has 1 amide bonds. The molecule has 2 unspecified atom stereocenters. The van der Waals surface area contributed by atoms with Gasteiger partial charge in [-0.3, -0.25) is 4.79 Å². The Morgan fingerprint density at radius 1 is 1.19 bits per heavy atom. The lowest BCUT2D eigenvalue weighted by atomic mass is 9.97. The minimum Gasteiger partial charge on any atom is -0.338 e. The number of nitrogens with zero attached hydrogens (tertiary/aromatic N) is 2. The van der Waals surface area contributed by atoms with Crippen molar-refractivity contribution in [1.29, 1.82) is 0 Å². The van der Waals surface area contributed by atoms with Crippen LogP contribution in [0.1, 0.15) is 38.7 Å². The van der Waals surface area contributed by atoms with E-state index in [1.165, 1.54) is 17.4 Å². The van der Waals surface area contributed by atoms with Crippen LogP contribution in [-0.4, -0.2) is 27.5 Å². The van der Waals surface area contributed by atoms with E-state index in [1.54, 1.807) is 0 Å². The van der Waals surface area contributed by atoms with Crippen LogP contribution in [0.15, 0.2) is 30.5 Å². The van der Waals surface area contributed by atoms with Crippen LogP contribution in [0.4, 0.5) is 0 Å². The molecule has 2 atom stereocenters. The van der Waals surface area contributed by atoms with Gasteiger partial charge >= 0.3 is 0 Å². The van der Waals surface area contributed by atoms with E-state index in [2.05, 4.69) is 54.6 Å². The number of hydrogen-bond donors (Lipinski definition) is 0. The average Bonchev–Trinajstić information content (AvgIpc) is 2.76. The molecule has 3 heteroatoms. The maximum atomic E-state index is 12.7. The molecule has 0 spiro atoms. The maximum Gasteiger partial charge on any atom is 0.242 e. The number of hydrogen-bond acceptors (Lipinski definition) is 1. The molecule has 1 aromatic heterocycles. The summed E-state index contributed by atoms with van der Waals surface area (Å²) in [4.78, 5) is 14.8. The van der Waals surface area contributed by atoms with Crippen LogP contribution in [0.25, 0.3) is 10.9 Å². The smallest absolute Gasteiger partial charge is 0.242 e. The third-order valence-corrected chi connectivity index (χ3v) is 4.77. The summed E-state index contributed by atoms with van der Waals surface area (Å²) in [6, 6.07) is 9.04. The fourth-order valence-electron chi connectivity index (χ4n) is 3.70. The van der Waals surface area contributed by atoms with Crippen molar-refractivity contribution in [1.82, 2.24) is 9.47 Å². The Labute approximate surface area is 126 Å².